The third-order valence-corrected chi connectivity index (χ3v) is 3.00. The molecule has 0 radical (unpaired) electrons. The Bertz CT molecular complexity index is 494. The van der Waals surface area contributed by atoms with E-state index in [2.05, 4.69) is 5.32 Å². The van der Waals surface area contributed by atoms with Gasteiger partial charge < -0.3 is 11.1 Å². The first-order chi connectivity index (χ1) is 9.31. The third-order valence-electron chi connectivity index (χ3n) is 3.00. The minimum atomic E-state index is -0.559. The average molecular weight is 316 g/mol. The van der Waals surface area contributed by atoms with Crippen LogP contribution in [0.15, 0.2) is 24.3 Å². The van der Waals surface area contributed by atoms with Crippen LogP contribution in [0.5, 0.6) is 0 Å². The molecule has 0 aliphatic heterocycles. The lowest BCUT2D eigenvalue weighted by atomic mass is 10.0. The van der Waals surface area contributed by atoms with Crippen molar-refractivity contribution >= 4 is 24.0 Å². The van der Waals surface area contributed by atoms with Gasteiger partial charge in [-0.25, -0.2) is 0 Å². The van der Waals surface area contributed by atoms with Crippen LogP contribution in [-0.4, -0.2) is 16.9 Å². The van der Waals surface area contributed by atoms with E-state index in [9.17, 15) is 14.9 Å². The first-order valence-electron chi connectivity index (χ1n) is 6.61. The van der Waals surface area contributed by atoms with Crippen molar-refractivity contribution in [1.82, 2.24) is 5.32 Å². The summed E-state index contributed by atoms with van der Waals surface area (Å²) in [5.74, 6) is 0.0987. The Balaban J connectivity index is 0.00000400. The molecular weight excluding hydrogens is 294 g/mol. The van der Waals surface area contributed by atoms with E-state index in [0.717, 1.165) is 0 Å². The molecule has 6 nitrogen and oxygen atoms in total. The Morgan fingerprint density at radius 1 is 1.38 bits per heavy atom. The molecule has 2 atom stereocenters. The number of nitro benzene ring substituents is 1. The number of nitrogens with two attached hydrogens (primary N) is 1. The van der Waals surface area contributed by atoms with Crippen molar-refractivity contribution in [2.24, 2.45) is 11.7 Å². The van der Waals surface area contributed by atoms with Crippen molar-refractivity contribution in [3.05, 3.63) is 39.9 Å². The fourth-order valence-electron chi connectivity index (χ4n) is 1.93. The van der Waals surface area contributed by atoms with Crippen LogP contribution in [0.3, 0.4) is 0 Å². The largest absolute Gasteiger partial charge is 0.348 e. The van der Waals surface area contributed by atoms with Crippen molar-refractivity contribution in [3.8, 4) is 0 Å². The molecule has 0 saturated heterocycles. The lowest BCUT2D eigenvalue weighted by molar-refractivity contribution is -0.384. The van der Waals surface area contributed by atoms with E-state index in [4.69, 9.17) is 5.73 Å². The molecule has 1 aromatic carbocycles. The smallest absolute Gasteiger partial charge is 0.269 e. The first-order valence-corrected chi connectivity index (χ1v) is 6.61. The van der Waals surface area contributed by atoms with Crippen LogP contribution in [0.25, 0.3) is 0 Å². The van der Waals surface area contributed by atoms with Crippen molar-refractivity contribution < 1.29 is 9.72 Å². The topological polar surface area (TPSA) is 98.3 Å². The molecule has 3 N–H and O–H groups in total. The molecule has 118 valence electrons. The maximum Gasteiger partial charge on any atom is 0.269 e. The highest BCUT2D eigenvalue weighted by molar-refractivity contribution is 5.85. The van der Waals surface area contributed by atoms with Crippen molar-refractivity contribution in [2.75, 3.05) is 0 Å². The predicted molar refractivity (Wildman–Crippen MR) is 84.3 cm³/mol. The van der Waals surface area contributed by atoms with Crippen LogP contribution < -0.4 is 11.1 Å². The zero-order chi connectivity index (χ0) is 15.3. The van der Waals surface area contributed by atoms with Crippen LogP contribution in [0.1, 0.15) is 38.8 Å². The summed E-state index contributed by atoms with van der Waals surface area (Å²) in [6, 6.07) is 5.34. The van der Waals surface area contributed by atoms with E-state index in [0.29, 0.717) is 17.9 Å². The van der Waals surface area contributed by atoms with E-state index in [1.54, 1.807) is 19.1 Å². The van der Waals surface area contributed by atoms with Gasteiger partial charge in [0.15, 0.2) is 0 Å². The standard InChI is InChI=1S/C14H21N3O3.ClH/c1-9(2)7-13(15)14(18)16-10(3)11-5-4-6-12(8-11)17(19)20;/h4-6,8-10,13H,7,15H2,1-3H3,(H,16,18);1H/t10?,13-;/m0./s1. The van der Waals surface area contributed by atoms with Gasteiger partial charge in [-0.05, 0) is 24.8 Å². The Morgan fingerprint density at radius 3 is 2.52 bits per heavy atom. The maximum atomic E-state index is 11.9. The zero-order valence-corrected chi connectivity index (χ0v) is 13.2. The molecule has 21 heavy (non-hydrogen) atoms. The zero-order valence-electron chi connectivity index (χ0n) is 12.4. The number of carbonyl (C=O) groups is 1. The molecule has 0 aromatic heterocycles. The quantitative estimate of drug-likeness (QED) is 0.622. The molecule has 0 bridgehead atoms. The molecule has 0 heterocycles. The molecule has 1 unspecified atom stereocenters. The highest BCUT2D eigenvalue weighted by atomic mass is 35.5. The fraction of sp³-hybridized carbons (Fsp3) is 0.500. The van der Waals surface area contributed by atoms with Crippen LogP contribution in [0.2, 0.25) is 0 Å². The number of nitro groups is 1. The van der Waals surface area contributed by atoms with E-state index in [1.165, 1.54) is 12.1 Å². The Morgan fingerprint density at radius 2 is 2.00 bits per heavy atom. The van der Waals surface area contributed by atoms with Gasteiger partial charge in [0.2, 0.25) is 5.91 Å². The van der Waals surface area contributed by atoms with Crippen LogP contribution in [0, 0.1) is 16.0 Å². The number of nitrogens with one attached hydrogen (secondary N) is 1. The molecule has 0 saturated carbocycles. The molecular formula is C14H22ClN3O3. The summed E-state index contributed by atoms with van der Waals surface area (Å²) < 4.78 is 0. The minimum Gasteiger partial charge on any atom is -0.348 e. The van der Waals surface area contributed by atoms with Crippen LogP contribution in [0.4, 0.5) is 5.69 Å². The number of benzene rings is 1. The second-order valence-corrected chi connectivity index (χ2v) is 5.32. The summed E-state index contributed by atoms with van der Waals surface area (Å²) >= 11 is 0. The average Bonchev–Trinajstić information content (AvgIpc) is 2.37. The summed E-state index contributed by atoms with van der Waals surface area (Å²) in [5.41, 5.74) is 6.50. The van der Waals surface area contributed by atoms with E-state index in [1.807, 2.05) is 13.8 Å². The monoisotopic (exact) mass is 315 g/mol. The summed E-state index contributed by atoms with van der Waals surface area (Å²) in [7, 11) is 0. The Kier molecular flexibility index (Phi) is 7.91. The summed E-state index contributed by atoms with van der Waals surface area (Å²) in [6.45, 7) is 5.77. The van der Waals surface area contributed by atoms with Gasteiger partial charge in [0.25, 0.3) is 5.69 Å². The van der Waals surface area contributed by atoms with Crippen LogP contribution in [-0.2, 0) is 4.79 Å². The first kappa shape index (κ1) is 19.3. The van der Waals surface area contributed by atoms with Gasteiger partial charge >= 0.3 is 0 Å². The summed E-state index contributed by atoms with van der Waals surface area (Å²) in [6.07, 6.45) is 0.605. The van der Waals surface area contributed by atoms with Crippen molar-refractivity contribution in [3.63, 3.8) is 0 Å². The number of nitrogens with zero attached hydrogens (tertiary/aromatic N) is 1. The third kappa shape index (κ3) is 6.10. The second kappa shape index (κ2) is 8.59. The van der Waals surface area contributed by atoms with Crippen molar-refractivity contribution in [2.45, 2.75) is 39.3 Å². The molecule has 1 aromatic rings. The number of halogens is 1. The lowest BCUT2D eigenvalue weighted by Gasteiger charge is -2.18. The Labute approximate surface area is 130 Å². The van der Waals surface area contributed by atoms with E-state index in [-0.39, 0.29) is 30.0 Å². The molecule has 1 rings (SSSR count). The maximum absolute atomic E-state index is 11.9. The van der Waals surface area contributed by atoms with Gasteiger partial charge in [0, 0.05) is 12.1 Å². The number of amides is 1. The number of non-ortho nitro benzene ring substituents is 1. The minimum absolute atomic E-state index is 0. The molecule has 0 aliphatic carbocycles. The number of rotatable bonds is 6. The number of carbonyl (C=O) groups excluding carboxylic acids is 1. The highest BCUT2D eigenvalue weighted by Crippen LogP contribution is 2.19. The van der Waals surface area contributed by atoms with Gasteiger partial charge in [-0.2, -0.15) is 0 Å². The summed E-state index contributed by atoms with van der Waals surface area (Å²) in [4.78, 5) is 22.2. The Hall–Kier alpha value is -1.66. The van der Waals surface area contributed by atoms with Crippen LogP contribution >= 0.6 is 12.4 Å². The molecule has 7 heteroatoms. The van der Waals surface area contributed by atoms with Gasteiger partial charge in [0.1, 0.15) is 0 Å². The molecule has 0 fully saturated rings. The van der Waals surface area contributed by atoms with Gasteiger partial charge in [-0.1, -0.05) is 26.0 Å². The summed E-state index contributed by atoms with van der Waals surface area (Å²) in [5, 5.41) is 13.5. The SMILES string of the molecule is CC(C)C[C@H](N)C(=O)NC(C)c1cccc([N+](=O)[O-])c1.Cl. The van der Waals surface area contributed by atoms with Gasteiger partial charge in [0.05, 0.1) is 17.0 Å². The van der Waals surface area contributed by atoms with Crippen molar-refractivity contribution in [1.29, 1.82) is 0 Å². The highest BCUT2D eigenvalue weighted by Gasteiger charge is 2.18. The fourth-order valence-corrected chi connectivity index (χ4v) is 1.93. The number of hydrogen-bond donors (Lipinski definition) is 2. The predicted octanol–water partition coefficient (Wildman–Crippen LogP) is 2.57. The van der Waals surface area contributed by atoms with E-state index >= 15 is 0 Å². The van der Waals surface area contributed by atoms with Gasteiger partial charge in [-0.15, -0.1) is 12.4 Å². The molecule has 1 amide bonds. The molecule has 0 spiro atoms. The second-order valence-electron chi connectivity index (χ2n) is 5.32. The van der Waals surface area contributed by atoms with E-state index < -0.39 is 11.0 Å². The normalized spacial score (nSPS) is 13.2. The molecule has 0 aliphatic rings. The lowest BCUT2D eigenvalue weighted by Crippen LogP contribution is -2.42. The van der Waals surface area contributed by atoms with Gasteiger partial charge in [-0.3, -0.25) is 14.9 Å². The number of hydrogen-bond acceptors (Lipinski definition) is 4.